The predicted molar refractivity (Wildman–Crippen MR) is 103 cm³/mol. The van der Waals surface area contributed by atoms with Gasteiger partial charge in [0.2, 0.25) is 0 Å². The first kappa shape index (κ1) is 18.8. The monoisotopic (exact) mass is 412 g/mol. The van der Waals surface area contributed by atoms with Crippen molar-refractivity contribution in [1.82, 2.24) is 15.0 Å². The number of benzene rings is 1. The van der Waals surface area contributed by atoms with Gasteiger partial charge in [-0.25, -0.2) is 14.4 Å². The highest BCUT2D eigenvalue weighted by Gasteiger charge is 2.42. The van der Waals surface area contributed by atoms with Gasteiger partial charge in [-0.05, 0) is 65.8 Å². The molecular weight excluding hydrogens is 396 g/mol. The summed E-state index contributed by atoms with van der Waals surface area (Å²) in [7, 11) is 0. The van der Waals surface area contributed by atoms with Crippen molar-refractivity contribution in [1.29, 1.82) is 0 Å². The number of halogens is 4. The van der Waals surface area contributed by atoms with Gasteiger partial charge in [-0.3, -0.25) is 9.98 Å². The molecule has 0 N–H and O–H groups in total. The molecule has 1 aliphatic carbocycles. The molecule has 8 heteroatoms. The Morgan fingerprint density at radius 2 is 1.83 bits per heavy atom. The van der Waals surface area contributed by atoms with Crippen molar-refractivity contribution < 1.29 is 17.6 Å². The van der Waals surface area contributed by atoms with Gasteiger partial charge in [0.15, 0.2) is 0 Å². The lowest BCUT2D eigenvalue weighted by molar-refractivity contribution is -0.137. The standard InChI is InChI=1S/C22H16F4N4/c23-15-6-13(5-14(7-15)22(24,25)26)17-8-18(17)19-9-20(30-11-29-19)21-16-2-3-27-10-12(16)1-4-28-21/h1,4-7,9-11,17-18H,2-3,8H2/t17-,18+/m1/s1. The van der Waals surface area contributed by atoms with Gasteiger partial charge in [0, 0.05) is 30.6 Å². The van der Waals surface area contributed by atoms with Gasteiger partial charge in [-0.15, -0.1) is 0 Å². The lowest BCUT2D eigenvalue weighted by Gasteiger charge is -2.14. The molecule has 1 aromatic carbocycles. The second-order valence-electron chi connectivity index (χ2n) is 7.56. The lowest BCUT2D eigenvalue weighted by atomic mass is 9.99. The first-order valence-electron chi connectivity index (χ1n) is 9.58. The van der Waals surface area contributed by atoms with E-state index in [1.54, 1.807) is 6.20 Å². The molecule has 0 unspecified atom stereocenters. The summed E-state index contributed by atoms with van der Waals surface area (Å²) >= 11 is 0. The van der Waals surface area contributed by atoms with E-state index in [9.17, 15) is 17.6 Å². The van der Waals surface area contributed by atoms with Gasteiger partial charge in [-0.1, -0.05) is 0 Å². The number of pyridine rings is 1. The van der Waals surface area contributed by atoms with Crippen LogP contribution in [0.1, 0.15) is 46.2 Å². The minimum Gasteiger partial charge on any atom is -0.292 e. The minimum atomic E-state index is -4.58. The van der Waals surface area contributed by atoms with Crippen molar-refractivity contribution in [2.45, 2.75) is 30.9 Å². The van der Waals surface area contributed by atoms with E-state index in [4.69, 9.17) is 0 Å². The fraction of sp³-hybridized carbons (Fsp3) is 0.273. The first-order valence-corrected chi connectivity index (χ1v) is 9.58. The summed E-state index contributed by atoms with van der Waals surface area (Å²) in [5.41, 5.74) is 3.64. The number of aliphatic imine (C=N–C) groups is 1. The van der Waals surface area contributed by atoms with E-state index in [0.29, 0.717) is 30.3 Å². The molecule has 0 amide bonds. The third-order valence-corrected chi connectivity index (χ3v) is 5.59. The summed E-state index contributed by atoms with van der Waals surface area (Å²) in [5, 5.41) is 0. The number of aromatic nitrogens is 3. The summed E-state index contributed by atoms with van der Waals surface area (Å²) < 4.78 is 52.9. The number of fused-ring (bicyclic) bond motifs is 1. The molecule has 1 saturated carbocycles. The molecule has 3 aromatic rings. The Labute approximate surface area is 169 Å². The van der Waals surface area contributed by atoms with Crippen LogP contribution in [0.15, 0.2) is 47.8 Å². The van der Waals surface area contributed by atoms with E-state index in [1.807, 2.05) is 18.3 Å². The molecule has 0 radical (unpaired) electrons. The third kappa shape index (κ3) is 3.46. The molecule has 152 valence electrons. The zero-order chi connectivity index (χ0) is 20.9. The molecular formula is C22H16F4N4. The van der Waals surface area contributed by atoms with Crippen LogP contribution in [0.3, 0.4) is 0 Å². The molecule has 1 fully saturated rings. The van der Waals surface area contributed by atoms with Crippen LogP contribution in [-0.4, -0.2) is 27.7 Å². The Morgan fingerprint density at radius 1 is 0.967 bits per heavy atom. The lowest BCUT2D eigenvalue weighted by Crippen LogP contribution is -2.07. The van der Waals surface area contributed by atoms with Gasteiger partial charge in [0.05, 0.1) is 17.0 Å². The van der Waals surface area contributed by atoms with Crippen molar-refractivity contribution in [3.63, 3.8) is 0 Å². The molecule has 4 nitrogen and oxygen atoms in total. The SMILES string of the molecule is Fc1cc([C@H]2C[C@@H]2c2cc(-c3nccc4c3CCN=C4)ncn2)cc(C(F)(F)F)c1. The van der Waals surface area contributed by atoms with E-state index in [2.05, 4.69) is 19.9 Å². The second-order valence-corrected chi connectivity index (χ2v) is 7.56. The van der Waals surface area contributed by atoms with Crippen molar-refractivity contribution >= 4 is 6.21 Å². The van der Waals surface area contributed by atoms with Crippen LogP contribution in [0.5, 0.6) is 0 Å². The smallest absolute Gasteiger partial charge is 0.292 e. The molecule has 5 rings (SSSR count). The zero-order valence-electron chi connectivity index (χ0n) is 15.7. The van der Waals surface area contributed by atoms with Crippen LogP contribution in [0.4, 0.5) is 17.6 Å². The van der Waals surface area contributed by atoms with Crippen molar-refractivity contribution in [2.24, 2.45) is 4.99 Å². The predicted octanol–water partition coefficient (Wildman–Crippen LogP) is 4.94. The van der Waals surface area contributed by atoms with Gasteiger partial charge in [0.1, 0.15) is 12.1 Å². The summed E-state index contributed by atoms with van der Waals surface area (Å²) in [5.74, 6) is -1.15. The second kappa shape index (κ2) is 6.97. The maximum Gasteiger partial charge on any atom is 0.416 e. The van der Waals surface area contributed by atoms with E-state index in [-0.39, 0.29) is 11.8 Å². The van der Waals surface area contributed by atoms with Gasteiger partial charge >= 0.3 is 6.18 Å². The minimum absolute atomic E-state index is 0.0734. The zero-order valence-corrected chi connectivity index (χ0v) is 15.7. The fourth-order valence-corrected chi connectivity index (χ4v) is 4.04. The van der Waals surface area contributed by atoms with E-state index >= 15 is 0 Å². The molecule has 0 saturated heterocycles. The van der Waals surface area contributed by atoms with Gasteiger partial charge in [0.25, 0.3) is 0 Å². The average molecular weight is 412 g/mol. The number of rotatable bonds is 3. The van der Waals surface area contributed by atoms with Crippen LogP contribution in [-0.2, 0) is 12.6 Å². The van der Waals surface area contributed by atoms with E-state index in [1.165, 1.54) is 12.4 Å². The van der Waals surface area contributed by atoms with Crippen molar-refractivity contribution in [2.75, 3.05) is 6.54 Å². The molecule has 3 heterocycles. The summed E-state index contributed by atoms with van der Waals surface area (Å²) in [6, 6.07) is 6.48. The molecule has 2 aliphatic rings. The average Bonchev–Trinajstić information content (AvgIpc) is 3.53. The third-order valence-electron chi connectivity index (χ3n) is 5.59. The Bertz CT molecular complexity index is 1160. The van der Waals surface area contributed by atoms with E-state index < -0.39 is 17.6 Å². The highest BCUT2D eigenvalue weighted by atomic mass is 19.4. The maximum atomic E-state index is 13.8. The molecule has 1 aliphatic heterocycles. The van der Waals surface area contributed by atoms with Crippen LogP contribution in [0.25, 0.3) is 11.4 Å². The molecule has 2 atom stereocenters. The van der Waals surface area contributed by atoms with Gasteiger partial charge < -0.3 is 0 Å². The number of hydrogen-bond donors (Lipinski definition) is 0. The van der Waals surface area contributed by atoms with Crippen LogP contribution < -0.4 is 0 Å². The Balaban J connectivity index is 1.45. The first-order chi connectivity index (χ1) is 14.4. The number of alkyl halides is 3. The van der Waals surface area contributed by atoms with E-state index in [0.717, 1.165) is 35.0 Å². The van der Waals surface area contributed by atoms with Crippen LogP contribution in [0.2, 0.25) is 0 Å². The summed E-state index contributed by atoms with van der Waals surface area (Å²) in [6.07, 6.45) is 1.79. The topological polar surface area (TPSA) is 51.0 Å². The van der Waals surface area contributed by atoms with Crippen LogP contribution >= 0.6 is 0 Å². The number of hydrogen-bond acceptors (Lipinski definition) is 4. The largest absolute Gasteiger partial charge is 0.416 e. The highest BCUT2D eigenvalue weighted by Crippen LogP contribution is 2.55. The molecule has 0 bridgehead atoms. The van der Waals surface area contributed by atoms with Crippen molar-refractivity contribution in [3.05, 3.63) is 76.6 Å². The highest BCUT2D eigenvalue weighted by molar-refractivity contribution is 5.85. The molecule has 2 aromatic heterocycles. The maximum absolute atomic E-state index is 13.8. The van der Waals surface area contributed by atoms with Gasteiger partial charge in [-0.2, -0.15) is 13.2 Å². The summed E-state index contributed by atoms with van der Waals surface area (Å²) in [6.45, 7) is 0.690. The molecule has 30 heavy (non-hydrogen) atoms. The Hall–Kier alpha value is -3.16. The normalized spacial score (nSPS) is 20.1. The van der Waals surface area contributed by atoms with Crippen molar-refractivity contribution in [3.8, 4) is 11.4 Å². The quantitative estimate of drug-likeness (QED) is 0.573. The summed E-state index contributed by atoms with van der Waals surface area (Å²) in [4.78, 5) is 17.5. The van der Waals surface area contributed by atoms with Crippen LogP contribution in [0, 0.1) is 5.82 Å². The fourth-order valence-electron chi connectivity index (χ4n) is 4.04. The Morgan fingerprint density at radius 3 is 2.67 bits per heavy atom. The Kier molecular flexibility index (Phi) is 4.38. The number of nitrogens with zero attached hydrogens (tertiary/aromatic N) is 4. The molecule has 0 spiro atoms.